The van der Waals surface area contributed by atoms with Gasteiger partial charge in [0, 0.05) is 11.5 Å². The van der Waals surface area contributed by atoms with Crippen LogP contribution >= 0.6 is 0 Å². The number of benzene rings is 1. The van der Waals surface area contributed by atoms with Crippen molar-refractivity contribution in [2.45, 2.75) is 0 Å². The van der Waals surface area contributed by atoms with E-state index in [1.165, 1.54) is 26.4 Å². The van der Waals surface area contributed by atoms with Crippen LogP contribution in [0.4, 0.5) is 4.39 Å². The summed E-state index contributed by atoms with van der Waals surface area (Å²) in [6.45, 7) is 0. The number of rotatable bonds is 2. The molecule has 0 radical (unpaired) electrons. The normalized spacial score (nSPS) is 9.11. The number of H-pyrrole nitrogens is 1. The Morgan fingerprint density at radius 2 is 1.89 bits per heavy atom. The summed E-state index contributed by atoms with van der Waals surface area (Å²) in [5.41, 5.74) is 0.763. The van der Waals surface area contributed by atoms with Crippen LogP contribution in [0.5, 0.6) is 5.75 Å². The van der Waals surface area contributed by atoms with Gasteiger partial charge in [-0.2, -0.15) is 7.11 Å². The van der Waals surface area contributed by atoms with E-state index in [1.54, 1.807) is 6.07 Å². The second-order valence-corrected chi connectivity index (χ2v) is 3.24. The van der Waals surface area contributed by atoms with Crippen LogP contribution in [0.1, 0.15) is 10.5 Å². The Balaban J connectivity index is 0.00000103. The zero-order valence-electron chi connectivity index (χ0n) is 11.2. The van der Waals surface area contributed by atoms with E-state index in [9.17, 15) is 9.18 Å². The number of carbonyl (C=O) groups is 1. The van der Waals surface area contributed by atoms with Crippen molar-refractivity contribution in [1.29, 1.82) is 0 Å². The van der Waals surface area contributed by atoms with Gasteiger partial charge in [0.2, 0.25) is 0 Å². The number of halogens is 1. The molecular formula is C12H13FNNaO4. The largest absolute Gasteiger partial charge is 1.00 e. The fourth-order valence-electron chi connectivity index (χ4n) is 1.56. The first-order valence-corrected chi connectivity index (χ1v) is 5.01. The Morgan fingerprint density at radius 1 is 1.26 bits per heavy atom. The predicted molar refractivity (Wildman–Crippen MR) is 62.1 cm³/mol. The zero-order chi connectivity index (χ0) is 13.7. The van der Waals surface area contributed by atoms with Crippen LogP contribution in [-0.4, -0.2) is 32.3 Å². The van der Waals surface area contributed by atoms with Crippen molar-refractivity contribution in [2.24, 2.45) is 0 Å². The first kappa shape index (κ1) is 17.9. The summed E-state index contributed by atoms with van der Waals surface area (Å²) in [5, 5.41) is 8.89. The second kappa shape index (κ2) is 8.16. The number of hydrogen-bond donors (Lipinski definition) is 1. The van der Waals surface area contributed by atoms with Gasteiger partial charge in [0.05, 0.1) is 19.7 Å². The molecule has 0 unspecified atom stereocenters. The third-order valence-electron chi connectivity index (χ3n) is 2.29. The van der Waals surface area contributed by atoms with Crippen LogP contribution < -0.4 is 39.4 Å². The second-order valence-electron chi connectivity index (χ2n) is 3.24. The van der Waals surface area contributed by atoms with Gasteiger partial charge < -0.3 is 19.6 Å². The molecule has 0 amide bonds. The molecule has 19 heavy (non-hydrogen) atoms. The van der Waals surface area contributed by atoms with Gasteiger partial charge in [-0.3, -0.25) is 0 Å². The number of fused-ring (bicyclic) bond motifs is 1. The Morgan fingerprint density at radius 3 is 2.42 bits per heavy atom. The molecule has 0 saturated heterocycles. The van der Waals surface area contributed by atoms with E-state index >= 15 is 0 Å². The van der Waals surface area contributed by atoms with Crippen molar-refractivity contribution in [2.75, 3.05) is 21.3 Å². The Labute approximate surface area is 132 Å². The summed E-state index contributed by atoms with van der Waals surface area (Å²) in [6.07, 6.45) is 0. The van der Waals surface area contributed by atoms with Gasteiger partial charge in [-0.1, -0.05) is 0 Å². The molecule has 0 saturated carbocycles. The zero-order valence-corrected chi connectivity index (χ0v) is 13.2. The van der Waals surface area contributed by atoms with Gasteiger partial charge >= 0.3 is 35.5 Å². The molecule has 1 N–H and O–H groups in total. The average Bonchev–Trinajstić information content (AvgIpc) is 2.82. The number of hydrogen-bond acceptors (Lipinski definition) is 4. The third-order valence-corrected chi connectivity index (χ3v) is 2.29. The fraction of sp³-hybridized carbons (Fsp3) is 0.250. The molecule has 1 aromatic carbocycles. The molecule has 0 spiro atoms. The Hall–Kier alpha value is -1.08. The van der Waals surface area contributed by atoms with Crippen LogP contribution in [0.25, 0.3) is 10.9 Å². The van der Waals surface area contributed by atoms with E-state index in [4.69, 9.17) is 9.84 Å². The molecule has 5 nitrogen and oxygen atoms in total. The number of esters is 1. The number of ether oxygens (including phenoxy) is 2. The molecule has 1 aromatic heterocycles. The first-order valence-electron chi connectivity index (χ1n) is 5.01. The third kappa shape index (κ3) is 3.94. The van der Waals surface area contributed by atoms with E-state index in [-0.39, 0.29) is 35.3 Å². The molecule has 0 atom stereocenters. The molecule has 0 aliphatic carbocycles. The summed E-state index contributed by atoms with van der Waals surface area (Å²) < 4.78 is 22.7. The van der Waals surface area contributed by atoms with Gasteiger partial charge in [0.1, 0.15) is 17.3 Å². The number of nitrogens with one attached hydrogen (secondary N) is 1. The molecule has 2 aromatic rings. The van der Waals surface area contributed by atoms with E-state index in [0.717, 1.165) is 7.11 Å². The van der Waals surface area contributed by atoms with Crippen LogP contribution in [-0.2, 0) is 4.74 Å². The summed E-state index contributed by atoms with van der Waals surface area (Å²) >= 11 is 0. The monoisotopic (exact) mass is 277 g/mol. The number of carbonyl (C=O) groups excluding carboxylic acids is 1. The molecule has 0 aliphatic heterocycles. The minimum atomic E-state index is -0.501. The quantitative estimate of drug-likeness (QED) is 0.513. The molecule has 0 bridgehead atoms. The molecule has 2 rings (SSSR count). The SMILES string of the molecule is COC(=O)c1cc2c(OC)cc(F)cc2[nH]1.C[O-].[Na+]. The van der Waals surface area contributed by atoms with Crippen molar-refractivity contribution in [3.8, 4) is 5.75 Å². The number of aromatic amines is 1. The van der Waals surface area contributed by atoms with Crippen molar-refractivity contribution in [3.05, 3.63) is 29.7 Å². The average molecular weight is 277 g/mol. The molecule has 1 heterocycles. The maximum atomic E-state index is 13.2. The molecule has 0 fully saturated rings. The van der Waals surface area contributed by atoms with Crippen LogP contribution in [0.2, 0.25) is 0 Å². The molecule has 0 aliphatic rings. The van der Waals surface area contributed by atoms with Gasteiger partial charge in [-0.15, -0.1) is 0 Å². The van der Waals surface area contributed by atoms with E-state index in [0.29, 0.717) is 16.7 Å². The number of methoxy groups -OCH3 is 2. The van der Waals surface area contributed by atoms with Gasteiger partial charge in [-0.25, -0.2) is 9.18 Å². The Bertz CT molecular complexity index is 556. The predicted octanol–water partition coefficient (Wildman–Crippen LogP) is -1.92. The smallest absolute Gasteiger partial charge is 0.857 e. The van der Waals surface area contributed by atoms with E-state index < -0.39 is 11.8 Å². The Kier molecular flexibility index (Phi) is 7.70. The summed E-state index contributed by atoms with van der Waals surface area (Å²) in [4.78, 5) is 14.0. The molecule has 7 heteroatoms. The van der Waals surface area contributed by atoms with E-state index in [1.807, 2.05) is 0 Å². The van der Waals surface area contributed by atoms with Crippen molar-refractivity contribution >= 4 is 16.9 Å². The van der Waals surface area contributed by atoms with Crippen LogP contribution in [0, 0.1) is 5.82 Å². The minimum Gasteiger partial charge on any atom is -0.857 e. The van der Waals surface area contributed by atoms with Crippen molar-refractivity contribution in [3.63, 3.8) is 0 Å². The minimum absolute atomic E-state index is 0. The fourth-order valence-corrected chi connectivity index (χ4v) is 1.56. The van der Waals surface area contributed by atoms with Crippen molar-refractivity contribution in [1.82, 2.24) is 4.98 Å². The summed E-state index contributed by atoms with van der Waals surface area (Å²) in [6, 6.07) is 4.13. The van der Waals surface area contributed by atoms with Crippen LogP contribution in [0.15, 0.2) is 18.2 Å². The first-order chi connectivity index (χ1) is 8.65. The molecular weight excluding hydrogens is 264 g/mol. The van der Waals surface area contributed by atoms with Gasteiger partial charge in [-0.05, 0) is 12.1 Å². The van der Waals surface area contributed by atoms with Gasteiger partial charge in [0.25, 0.3) is 0 Å². The maximum absolute atomic E-state index is 13.2. The molecule has 98 valence electrons. The van der Waals surface area contributed by atoms with E-state index in [2.05, 4.69) is 9.72 Å². The topological polar surface area (TPSA) is 74.4 Å². The van der Waals surface area contributed by atoms with Gasteiger partial charge in [0.15, 0.2) is 0 Å². The van der Waals surface area contributed by atoms with Crippen molar-refractivity contribution < 1.29 is 53.3 Å². The summed E-state index contributed by atoms with van der Waals surface area (Å²) in [5.74, 6) is -0.553. The standard InChI is InChI=1S/C11H10FNO3.CH3O.Na/c1-15-10-4-6(12)3-8-7(10)5-9(13-8)11(14)16-2;1-2;/h3-5,13H,1-2H3;1H3;/q;-1;+1. The number of aromatic nitrogens is 1. The summed E-state index contributed by atoms with van der Waals surface area (Å²) in [7, 11) is 3.48. The maximum Gasteiger partial charge on any atom is 1.00 e. The van der Waals surface area contributed by atoms with Crippen LogP contribution in [0.3, 0.4) is 0 Å².